The Morgan fingerprint density at radius 1 is 1.10 bits per heavy atom. The zero-order valence-electron chi connectivity index (χ0n) is 11.1. The van der Waals surface area contributed by atoms with Gasteiger partial charge in [0.2, 0.25) is 5.91 Å². The van der Waals surface area contributed by atoms with Gasteiger partial charge in [-0.2, -0.15) is 0 Å². The van der Waals surface area contributed by atoms with Gasteiger partial charge in [-0.05, 0) is 29.8 Å². The number of para-hydroxylation sites is 1. The predicted molar refractivity (Wildman–Crippen MR) is 83.0 cm³/mol. The summed E-state index contributed by atoms with van der Waals surface area (Å²) in [6, 6.07) is 15.3. The van der Waals surface area contributed by atoms with Crippen molar-refractivity contribution in [3.05, 3.63) is 66.0 Å². The second kappa shape index (κ2) is 5.69. The van der Waals surface area contributed by atoms with Gasteiger partial charge in [-0.25, -0.2) is 4.39 Å². The Hall–Kier alpha value is -2.14. The molecule has 0 bridgehead atoms. The van der Waals surface area contributed by atoms with Gasteiger partial charge in [-0.1, -0.05) is 42.1 Å². The Morgan fingerprint density at radius 3 is 2.38 bits per heavy atom. The zero-order valence-corrected chi connectivity index (χ0v) is 11.9. The Labute approximate surface area is 126 Å². The lowest BCUT2D eigenvalue weighted by Gasteiger charge is -2.31. The fraction of sp³-hybridized carbons (Fsp3) is 0.125. The van der Waals surface area contributed by atoms with Crippen LogP contribution in [-0.2, 0) is 4.79 Å². The van der Waals surface area contributed by atoms with E-state index in [4.69, 9.17) is 5.41 Å². The molecule has 1 aliphatic rings. The van der Waals surface area contributed by atoms with Crippen molar-refractivity contribution in [1.82, 2.24) is 0 Å². The standard InChI is InChI=1S/C16H13FN2OS/c17-12-8-6-11(7-9-12)14-10-15(20)19(16(18)21-14)13-4-2-1-3-5-13/h1-9,14,18H,10H2/t14-/m1/s1. The quantitative estimate of drug-likeness (QED) is 0.912. The highest BCUT2D eigenvalue weighted by Gasteiger charge is 2.32. The van der Waals surface area contributed by atoms with E-state index in [0.717, 1.165) is 5.56 Å². The molecule has 3 nitrogen and oxygen atoms in total. The second-order valence-electron chi connectivity index (χ2n) is 4.73. The number of amidine groups is 1. The maximum atomic E-state index is 13.0. The third-order valence-electron chi connectivity index (χ3n) is 3.32. The molecule has 2 aromatic carbocycles. The number of benzene rings is 2. The number of rotatable bonds is 2. The van der Waals surface area contributed by atoms with Gasteiger partial charge in [0.1, 0.15) is 5.82 Å². The summed E-state index contributed by atoms with van der Waals surface area (Å²) in [6.07, 6.45) is 0.299. The van der Waals surface area contributed by atoms with Crippen molar-refractivity contribution in [2.24, 2.45) is 0 Å². The summed E-state index contributed by atoms with van der Waals surface area (Å²) in [6.45, 7) is 0. The molecule has 1 N–H and O–H groups in total. The summed E-state index contributed by atoms with van der Waals surface area (Å²) in [7, 11) is 0. The molecule has 0 aliphatic carbocycles. The molecular formula is C16H13FN2OS. The van der Waals surface area contributed by atoms with Crippen LogP contribution in [0.3, 0.4) is 0 Å². The highest BCUT2D eigenvalue weighted by atomic mass is 32.2. The van der Waals surface area contributed by atoms with Crippen LogP contribution in [0.2, 0.25) is 0 Å². The molecule has 1 atom stereocenters. The summed E-state index contributed by atoms with van der Waals surface area (Å²) in [5.41, 5.74) is 1.57. The largest absolute Gasteiger partial charge is 0.278 e. The van der Waals surface area contributed by atoms with E-state index in [1.54, 1.807) is 12.1 Å². The first-order chi connectivity index (χ1) is 10.1. The highest BCUT2D eigenvalue weighted by molar-refractivity contribution is 8.14. The van der Waals surface area contributed by atoms with E-state index in [9.17, 15) is 9.18 Å². The molecule has 5 heteroatoms. The fourth-order valence-electron chi connectivity index (χ4n) is 2.29. The van der Waals surface area contributed by atoms with E-state index < -0.39 is 0 Å². The van der Waals surface area contributed by atoms with Gasteiger partial charge in [-0.15, -0.1) is 0 Å². The average molecular weight is 300 g/mol. The SMILES string of the molecule is N=C1S[C@@H](c2ccc(F)cc2)CC(=O)N1c1ccccc1. The summed E-state index contributed by atoms with van der Waals surface area (Å²) in [5.74, 6) is -0.411. The molecule has 0 aromatic heterocycles. The van der Waals surface area contributed by atoms with Crippen LogP contribution >= 0.6 is 11.8 Å². The van der Waals surface area contributed by atoms with Gasteiger partial charge in [0, 0.05) is 11.7 Å². The van der Waals surface area contributed by atoms with E-state index in [-0.39, 0.29) is 22.1 Å². The summed E-state index contributed by atoms with van der Waals surface area (Å²) < 4.78 is 13.0. The second-order valence-corrected chi connectivity index (χ2v) is 5.92. The molecule has 1 saturated heterocycles. The predicted octanol–water partition coefficient (Wildman–Crippen LogP) is 3.97. The molecule has 0 saturated carbocycles. The molecule has 1 aliphatic heterocycles. The molecule has 1 amide bonds. The molecule has 2 aromatic rings. The summed E-state index contributed by atoms with van der Waals surface area (Å²) >= 11 is 1.32. The minimum Gasteiger partial charge on any atom is -0.278 e. The Kier molecular flexibility index (Phi) is 3.75. The number of amides is 1. The topological polar surface area (TPSA) is 44.2 Å². The molecule has 1 fully saturated rings. The van der Waals surface area contributed by atoms with Gasteiger partial charge in [0.05, 0.1) is 5.69 Å². The van der Waals surface area contributed by atoms with Crippen LogP contribution in [0.25, 0.3) is 0 Å². The van der Waals surface area contributed by atoms with Gasteiger partial charge in [-0.3, -0.25) is 15.1 Å². The van der Waals surface area contributed by atoms with Crippen molar-refractivity contribution in [3.63, 3.8) is 0 Å². The number of hydrogen-bond acceptors (Lipinski definition) is 3. The van der Waals surface area contributed by atoms with E-state index in [1.807, 2.05) is 30.3 Å². The number of nitrogens with one attached hydrogen (secondary N) is 1. The number of hydrogen-bond donors (Lipinski definition) is 1. The first-order valence-corrected chi connectivity index (χ1v) is 7.42. The van der Waals surface area contributed by atoms with Crippen LogP contribution in [0.1, 0.15) is 17.2 Å². The van der Waals surface area contributed by atoms with Gasteiger partial charge in [0.15, 0.2) is 5.17 Å². The Morgan fingerprint density at radius 2 is 1.76 bits per heavy atom. The van der Waals surface area contributed by atoms with E-state index in [1.165, 1.54) is 28.8 Å². The minimum absolute atomic E-state index is 0.112. The molecule has 3 rings (SSSR count). The maximum Gasteiger partial charge on any atom is 0.234 e. The summed E-state index contributed by atoms with van der Waals surface area (Å²) in [4.78, 5) is 13.8. The average Bonchev–Trinajstić information content (AvgIpc) is 2.48. The van der Waals surface area contributed by atoms with Crippen molar-refractivity contribution in [2.45, 2.75) is 11.7 Å². The van der Waals surface area contributed by atoms with Crippen molar-refractivity contribution >= 4 is 28.5 Å². The van der Waals surface area contributed by atoms with Crippen LogP contribution < -0.4 is 4.90 Å². The molecular weight excluding hydrogens is 287 g/mol. The third-order valence-corrected chi connectivity index (χ3v) is 4.45. The smallest absolute Gasteiger partial charge is 0.234 e. The molecule has 0 unspecified atom stereocenters. The Bertz CT molecular complexity index is 654. The summed E-state index contributed by atoms with van der Waals surface area (Å²) in [5, 5.41) is 8.20. The number of carbonyl (C=O) groups excluding carboxylic acids is 1. The number of carbonyl (C=O) groups is 1. The van der Waals surface area contributed by atoms with Crippen LogP contribution in [-0.4, -0.2) is 11.1 Å². The maximum absolute atomic E-state index is 13.0. The lowest BCUT2D eigenvalue weighted by Crippen LogP contribution is -2.39. The zero-order chi connectivity index (χ0) is 14.8. The first kappa shape index (κ1) is 13.8. The molecule has 106 valence electrons. The van der Waals surface area contributed by atoms with Gasteiger partial charge < -0.3 is 0 Å². The van der Waals surface area contributed by atoms with Crippen molar-refractivity contribution in [3.8, 4) is 0 Å². The number of halogens is 1. The van der Waals surface area contributed by atoms with E-state index in [2.05, 4.69) is 0 Å². The molecule has 0 radical (unpaired) electrons. The fourth-order valence-corrected chi connectivity index (χ4v) is 3.40. The lowest BCUT2D eigenvalue weighted by atomic mass is 10.1. The van der Waals surface area contributed by atoms with Gasteiger partial charge >= 0.3 is 0 Å². The van der Waals surface area contributed by atoms with Crippen molar-refractivity contribution in [1.29, 1.82) is 5.41 Å². The normalized spacial score (nSPS) is 18.9. The van der Waals surface area contributed by atoms with Crippen molar-refractivity contribution in [2.75, 3.05) is 4.90 Å². The number of anilines is 1. The minimum atomic E-state index is -0.299. The van der Waals surface area contributed by atoms with Crippen LogP contribution in [0, 0.1) is 11.2 Å². The van der Waals surface area contributed by atoms with E-state index >= 15 is 0 Å². The molecule has 21 heavy (non-hydrogen) atoms. The van der Waals surface area contributed by atoms with Crippen molar-refractivity contribution < 1.29 is 9.18 Å². The van der Waals surface area contributed by atoms with Crippen LogP contribution in [0.5, 0.6) is 0 Å². The highest BCUT2D eigenvalue weighted by Crippen LogP contribution is 2.39. The Balaban J connectivity index is 1.83. The molecule has 0 spiro atoms. The van der Waals surface area contributed by atoms with Crippen LogP contribution in [0.15, 0.2) is 54.6 Å². The first-order valence-electron chi connectivity index (χ1n) is 6.54. The van der Waals surface area contributed by atoms with Crippen LogP contribution in [0.4, 0.5) is 10.1 Å². The molecule has 1 heterocycles. The monoisotopic (exact) mass is 300 g/mol. The van der Waals surface area contributed by atoms with Gasteiger partial charge in [0.25, 0.3) is 0 Å². The lowest BCUT2D eigenvalue weighted by molar-refractivity contribution is -0.117. The number of nitrogens with zero attached hydrogens (tertiary/aromatic N) is 1. The number of thioether (sulfide) groups is 1. The third kappa shape index (κ3) is 2.83. The van der Waals surface area contributed by atoms with E-state index in [0.29, 0.717) is 12.1 Å².